The van der Waals surface area contributed by atoms with Crippen LogP contribution in [0.1, 0.15) is 12.5 Å². The van der Waals surface area contributed by atoms with Crippen LogP contribution in [0.4, 0.5) is 10.1 Å². The number of ether oxygens (including phenoxy) is 1. The Balaban J connectivity index is 2.34. The van der Waals surface area contributed by atoms with Gasteiger partial charge < -0.3 is 10.1 Å². The predicted molar refractivity (Wildman–Crippen MR) is 54.7 cm³/mol. The third-order valence-electron chi connectivity index (χ3n) is 2.52. The van der Waals surface area contributed by atoms with Crippen molar-refractivity contribution in [2.45, 2.75) is 19.0 Å². The van der Waals surface area contributed by atoms with E-state index in [0.29, 0.717) is 13.0 Å². The van der Waals surface area contributed by atoms with Crippen molar-refractivity contribution < 1.29 is 9.13 Å². The Kier molecular flexibility index (Phi) is 2.10. The minimum Gasteiger partial charge on any atom is -0.497 e. The lowest BCUT2D eigenvalue weighted by molar-refractivity contribution is 0.201. The van der Waals surface area contributed by atoms with Crippen LogP contribution in [0, 0.1) is 0 Å². The highest BCUT2D eigenvalue weighted by Crippen LogP contribution is 2.31. The van der Waals surface area contributed by atoms with E-state index in [-0.39, 0.29) is 0 Å². The van der Waals surface area contributed by atoms with E-state index in [1.807, 2.05) is 18.2 Å². The molecule has 0 aliphatic carbocycles. The van der Waals surface area contributed by atoms with Crippen LogP contribution < -0.4 is 10.1 Å². The third-order valence-corrected chi connectivity index (χ3v) is 2.52. The zero-order valence-electron chi connectivity index (χ0n) is 8.43. The average Bonchev–Trinajstić information content (AvgIpc) is 2.15. The fraction of sp³-hybridized carbons (Fsp3) is 0.455. The summed E-state index contributed by atoms with van der Waals surface area (Å²) in [6, 6.07) is 5.70. The maximum absolute atomic E-state index is 13.7. The Labute approximate surface area is 83.1 Å². The normalized spacial score (nSPS) is 25.1. The van der Waals surface area contributed by atoms with Crippen LogP contribution in [0.2, 0.25) is 0 Å². The highest BCUT2D eigenvalue weighted by molar-refractivity contribution is 5.57. The quantitative estimate of drug-likeness (QED) is 0.743. The van der Waals surface area contributed by atoms with Gasteiger partial charge in [-0.1, -0.05) is 0 Å². The van der Waals surface area contributed by atoms with Crippen LogP contribution in [-0.4, -0.2) is 19.3 Å². The molecule has 1 atom stereocenters. The van der Waals surface area contributed by atoms with E-state index in [1.54, 1.807) is 14.0 Å². The molecule has 0 radical (unpaired) electrons. The molecular weight excluding hydrogens is 181 g/mol. The van der Waals surface area contributed by atoms with Crippen LogP contribution in [0.15, 0.2) is 18.2 Å². The summed E-state index contributed by atoms with van der Waals surface area (Å²) in [6.45, 7) is 1.99. The zero-order valence-corrected chi connectivity index (χ0v) is 8.43. The highest BCUT2D eigenvalue weighted by atomic mass is 19.1. The van der Waals surface area contributed by atoms with Crippen molar-refractivity contribution in [3.63, 3.8) is 0 Å². The van der Waals surface area contributed by atoms with Gasteiger partial charge in [-0.05, 0) is 30.7 Å². The lowest BCUT2D eigenvalue weighted by atomic mass is 9.93. The first-order chi connectivity index (χ1) is 6.61. The second-order valence-corrected chi connectivity index (χ2v) is 3.97. The summed E-state index contributed by atoms with van der Waals surface area (Å²) in [5, 5.41) is 3.07. The van der Waals surface area contributed by atoms with Gasteiger partial charge in [0.15, 0.2) is 0 Å². The molecule has 0 saturated carbocycles. The van der Waals surface area contributed by atoms with E-state index in [1.165, 1.54) is 0 Å². The molecule has 0 saturated heterocycles. The van der Waals surface area contributed by atoms with Crippen molar-refractivity contribution in [1.29, 1.82) is 0 Å². The molecule has 1 aliphatic rings. The highest BCUT2D eigenvalue weighted by Gasteiger charge is 2.29. The number of benzene rings is 1. The fourth-order valence-corrected chi connectivity index (χ4v) is 1.75. The molecule has 1 aromatic rings. The van der Waals surface area contributed by atoms with Gasteiger partial charge in [0.25, 0.3) is 0 Å². The molecule has 14 heavy (non-hydrogen) atoms. The summed E-state index contributed by atoms with van der Waals surface area (Å²) in [7, 11) is 1.62. The summed E-state index contributed by atoms with van der Waals surface area (Å²) >= 11 is 0. The van der Waals surface area contributed by atoms with Crippen LogP contribution >= 0.6 is 0 Å². The molecule has 0 spiro atoms. The fourth-order valence-electron chi connectivity index (χ4n) is 1.75. The van der Waals surface area contributed by atoms with Crippen molar-refractivity contribution in [1.82, 2.24) is 0 Å². The van der Waals surface area contributed by atoms with Crippen LogP contribution in [0.25, 0.3) is 0 Å². The SMILES string of the molecule is COc1ccc2c(c1)CC(C)(F)CN2. The van der Waals surface area contributed by atoms with Gasteiger partial charge in [0.2, 0.25) is 0 Å². The number of rotatable bonds is 1. The largest absolute Gasteiger partial charge is 0.497 e. The van der Waals surface area contributed by atoms with Gasteiger partial charge in [-0.25, -0.2) is 4.39 Å². The number of methoxy groups -OCH3 is 1. The number of nitrogens with one attached hydrogen (secondary N) is 1. The number of anilines is 1. The van der Waals surface area contributed by atoms with Crippen LogP contribution in [0.5, 0.6) is 5.75 Å². The summed E-state index contributed by atoms with van der Waals surface area (Å²) in [5.74, 6) is 0.781. The van der Waals surface area contributed by atoms with E-state index >= 15 is 0 Å². The summed E-state index contributed by atoms with van der Waals surface area (Å²) in [5.41, 5.74) is 0.848. The molecule has 2 nitrogen and oxygen atoms in total. The van der Waals surface area contributed by atoms with Crippen molar-refractivity contribution in [2.24, 2.45) is 0 Å². The molecule has 1 heterocycles. The Morgan fingerprint density at radius 1 is 1.50 bits per heavy atom. The van der Waals surface area contributed by atoms with E-state index < -0.39 is 5.67 Å². The molecule has 0 fully saturated rings. The Hall–Kier alpha value is -1.25. The van der Waals surface area contributed by atoms with E-state index in [2.05, 4.69) is 5.32 Å². The Morgan fingerprint density at radius 3 is 3.00 bits per heavy atom. The van der Waals surface area contributed by atoms with Crippen LogP contribution in [-0.2, 0) is 6.42 Å². The molecule has 2 rings (SSSR count). The van der Waals surface area contributed by atoms with Gasteiger partial charge in [0, 0.05) is 18.7 Å². The molecule has 1 N–H and O–H groups in total. The summed E-state index contributed by atoms with van der Waals surface area (Å²) < 4.78 is 18.8. The van der Waals surface area contributed by atoms with Crippen molar-refractivity contribution in [2.75, 3.05) is 19.0 Å². The van der Waals surface area contributed by atoms with Crippen molar-refractivity contribution in [3.05, 3.63) is 23.8 Å². The number of alkyl halides is 1. The van der Waals surface area contributed by atoms with Gasteiger partial charge >= 0.3 is 0 Å². The topological polar surface area (TPSA) is 21.3 Å². The average molecular weight is 195 g/mol. The molecule has 76 valence electrons. The van der Waals surface area contributed by atoms with Gasteiger partial charge in [0.1, 0.15) is 11.4 Å². The first-order valence-electron chi connectivity index (χ1n) is 4.70. The predicted octanol–water partition coefficient (Wildman–Crippen LogP) is 2.39. The van der Waals surface area contributed by atoms with Gasteiger partial charge in [-0.15, -0.1) is 0 Å². The van der Waals surface area contributed by atoms with E-state index in [0.717, 1.165) is 17.0 Å². The van der Waals surface area contributed by atoms with Crippen molar-refractivity contribution >= 4 is 5.69 Å². The number of hydrogen-bond acceptors (Lipinski definition) is 2. The summed E-state index contributed by atoms with van der Waals surface area (Å²) in [4.78, 5) is 0. The lowest BCUT2D eigenvalue weighted by Crippen LogP contribution is -2.35. The van der Waals surface area contributed by atoms with Gasteiger partial charge in [0.05, 0.1) is 7.11 Å². The maximum Gasteiger partial charge on any atom is 0.129 e. The summed E-state index contributed by atoms with van der Waals surface area (Å²) in [6.07, 6.45) is 0.451. The minimum absolute atomic E-state index is 0.381. The Morgan fingerprint density at radius 2 is 2.29 bits per heavy atom. The standard InChI is InChI=1S/C11H14FNO/c1-11(12)6-8-5-9(14-2)3-4-10(8)13-7-11/h3-5,13H,6-7H2,1-2H3. The molecule has 0 bridgehead atoms. The molecule has 1 aromatic carbocycles. The van der Waals surface area contributed by atoms with Gasteiger partial charge in [-0.2, -0.15) is 0 Å². The molecule has 1 aliphatic heterocycles. The minimum atomic E-state index is -1.15. The van der Waals surface area contributed by atoms with E-state index in [9.17, 15) is 4.39 Å². The molecular formula is C11H14FNO. The van der Waals surface area contributed by atoms with E-state index in [4.69, 9.17) is 4.74 Å². The molecule has 1 unspecified atom stereocenters. The first kappa shape index (κ1) is 9.31. The second-order valence-electron chi connectivity index (χ2n) is 3.97. The number of fused-ring (bicyclic) bond motifs is 1. The number of halogens is 1. The molecule has 0 aromatic heterocycles. The third kappa shape index (κ3) is 1.67. The van der Waals surface area contributed by atoms with Gasteiger partial charge in [-0.3, -0.25) is 0 Å². The second kappa shape index (κ2) is 3.15. The number of hydrogen-bond donors (Lipinski definition) is 1. The van der Waals surface area contributed by atoms with Crippen molar-refractivity contribution in [3.8, 4) is 5.75 Å². The maximum atomic E-state index is 13.7. The molecule has 0 amide bonds. The Bertz CT molecular complexity index is 349. The first-order valence-corrected chi connectivity index (χ1v) is 4.70. The lowest BCUT2D eigenvalue weighted by Gasteiger charge is -2.29. The van der Waals surface area contributed by atoms with Crippen LogP contribution in [0.3, 0.4) is 0 Å². The molecule has 3 heteroatoms. The smallest absolute Gasteiger partial charge is 0.129 e. The monoisotopic (exact) mass is 195 g/mol. The zero-order chi connectivity index (χ0) is 10.2.